The molecule has 92 valence electrons. The first-order valence-electron chi connectivity index (χ1n) is 6.04. The second kappa shape index (κ2) is 4.79. The van der Waals surface area contributed by atoms with E-state index < -0.39 is 0 Å². The minimum atomic E-state index is -0.298. The van der Waals surface area contributed by atoms with E-state index in [-0.39, 0.29) is 11.3 Å². The number of hydrogen-bond acceptors (Lipinski definition) is 2. The molecule has 3 heteroatoms. The summed E-state index contributed by atoms with van der Waals surface area (Å²) >= 11 is 5.85. The highest BCUT2D eigenvalue weighted by molar-refractivity contribution is 6.30. The van der Waals surface area contributed by atoms with E-state index in [0.29, 0.717) is 5.02 Å². The first kappa shape index (κ1) is 12.6. The average Bonchev–Trinajstić information content (AvgIpc) is 2.79. The Hall–Kier alpha value is -0.860. The summed E-state index contributed by atoms with van der Waals surface area (Å²) in [5.41, 5.74) is 0.471. The molecule has 0 bridgehead atoms. The van der Waals surface area contributed by atoms with Gasteiger partial charge < -0.3 is 0 Å². The molecule has 17 heavy (non-hydrogen) atoms. The molecule has 0 saturated heterocycles. The van der Waals surface area contributed by atoms with E-state index in [1.54, 1.807) is 12.1 Å². The van der Waals surface area contributed by atoms with Gasteiger partial charge >= 0.3 is 0 Å². The normalized spacial score (nSPS) is 18.6. The fraction of sp³-hybridized carbons (Fsp3) is 0.500. The first-order chi connectivity index (χ1) is 8.06. The van der Waals surface area contributed by atoms with E-state index >= 15 is 0 Å². The molecule has 0 aliphatic heterocycles. The molecule has 0 spiro atoms. The van der Waals surface area contributed by atoms with Crippen LogP contribution in [0.2, 0.25) is 5.02 Å². The predicted molar refractivity (Wildman–Crippen MR) is 70.7 cm³/mol. The molecule has 0 unspecified atom stereocenters. The summed E-state index contributed by atoms with van der Waals surface area (Å²) in [6.45, 7) is 0. The van der Waals surface area contributed by atoms with Crippen molar-refractivity contribution < 1.29 is 4.79 Å². The lowest BCUT2D eigenvalue weighted by atomic mass is 9.86. The maximum Gasteiger partial charge on any atom is 0.183 e. The number of hydrogen-bond donors (Lipinski definition) is 0. The summed E-state index contributed by atoms with van der Waals surface area (Å²) in [6, 6.07) is 7.22. The van der Waals surface area contributed by atoms with Crippen LogP contribution in [0.15, 0.2) is 24.3 Å². The van der Waals surface area contributed by atoms with Crippen LogP contribution in [0, 0.1) is 0 Å². The first-order valence-corrected chi connectivity index (χ1v) is 6.42. The number of ketones is 1. The third-order valence-corrected chi connectivity index (χ3v) is 4.07. The molecule has 2 rings (SSSR count). The Morgan fingerprint density at radius 1 is 1.18 bits per heavy atom. The summed E-state index contributed by atoms with van der Waals surface area (Å²) in [7, 11) is 4.00. The summed E-state index contributed by atoms with van der Waals surface area (Å²) in [4.78, 5) is 14.7. The molecule has 1 fully saturated rings. The van der Waals surface area contributed by atoms with Crippen LogP contribution >= 0.6 is 11.6 Å². The second-order valence-electron chi connectivity index (χ2n) is 4.97. The maximum absolute atomic E-state index is 12.6. The van der Waals surface area contributed by atoms with E-state index in [1.165, 1.54) is 0 Å². The molecule has 0 heterocycles. The number of likely N-dealkylation sites (N-methyl/N-ethyl adjacent to an activating group) is 1. The van der Waals surface area contributed by atoms with Gasteiger partial charge in [-0.1, -0.05) is 24.4 Å². The van der Waals surface area contributed by atoms with E-state index in [9.17, 15) is 4.79 Å². The Morgan fingerprint density at radius 3 is 2.18 bits per heavy atom. The maximum atomic E-state index is 12.6. The molecule has 0 amide bonds. The van der Waals surface area contributed by atoms with Crippen LogP contribution in [0.4, 0.5) is 0 Å². The van der Waals surface area contributed by atoms with Crippen LogP contribution in [-0.4, -0.2) is 30.3 Å². The zero-order chi connectivity index (χ0) is 12.5. The van der Waals surface area contributed by atoms with Crippen molar-refractivity contribution in [2.45, 2.75) is 31.2 Å². The molecular weight excluding hydrogens is 234 g/mol. The Kier molecular flexibility index (Phi) is 3.55. The van der Waals surface area contributed by atoms with Gasteiger partial charge in [-0.25, -0.2) is 0 Å². The smallest absolute Gasteiger partial charge is 0.183 e. The average molecular weight is 252 g/mol. The van der Waals surface area contributed by atoms with Gasteiger partial charge in [0.05, 0.1) is 5.54 Å². The topological polar surface area (TPSA) is 20.3 Å². The predicted octanol–water partition coefficient (Wildman–Crippen LogP) is 3.40. The molecule has 2 nitrogen and oxygen atoms in total. The van der Waals surface area contributed by atoms with Gasteiger partial charge in [-0.2, -0.15) is 0 Å². The highest BCUT2D eigenvalue weighted by Gasteiger charge is 2.43. The molecule has 1 saturated carbocycles. The molecule has 1 aliphatic rings. The number of carbonyl (C=O) groups is 1. The van der Waals surface area contributed by atoms with E-state index in [0.717, 1.165) is 31.2 Å². The van der Waals surface area contributed by atoms with E-state index in [4.69, 9.17) is 11.6 Å². The zero-order valence-corrected chi connectivity index (χ0v) is 11.1. The lowest BCUT2D eigenvalue weighted by Gasteiger charge is -2.34. The van der Waals surface area contributed by atoms with Crippen LogP contribution in [-0.2, 0) is 0 Å². The summed E-state index contributed by atoms with van der Waals surface area (Å²) in [5.74, 6) is 0.233. The summed E-state index contributed by atoms with van der Waals surface area (Å²) < 4.78 is 0. The van der Waals surface area contributed by atoms with Crippen molar-refractivity contribution >= 4 is 17.4 Å². The number of halogens is 1. The minimum absolute atomic E-state index is 0.233. The van der Waals surface area contributed by atoms with Crippen molar-refractivity contribution in [3.63, 3.8) is 0 Å². The molecule has 0 radical (unpaired) electrons. The van der Waals surface area contributed by atoms with Gasteiger partial charge in [0.15, 0.2) is 5.78 Å². The molecule has 1 aliphatic carbocycles. The van der Waals surface area contributed by atoms with E-state index in [1.807, 2.05) is 26.2 Å². The zero-order valence-electron chi connectivity index (χ0n) is 10.4. The minimum Gasteiger partial charge on any atom is -0.297 e. The van der Waals surface area contributed by atoms with Crippen molar-refractivity contribution in [3.8, 4) is 0 Å². The highest BCUT2D eigenvalue weighted by Crippen LogP contribution is 2.36. The van der Waals surface area contributed by atoms with Crippen molar-refractivity contribution in [1.82, 2.24) is 4.90 Å². The van der Waals surface area contributed by atoms with Crippen LogP contribution in [0.3, 0.4) is 0 Å². The lowest BCUT2D eigenvalue weighted by molar-refractivity contribution is 0.0693. The second-order valence-corrected chi connectivity index (χ2v) is 5.41. The SMILES string of the molecule is CN(C)C1(C(=O)c2ccc(Cl)cc2)CCCC1. The molecule has 0 aromatic heterocycles. The Morgan fingerprint density at radius 2 is 1.71 bits per heavy atom. The Bertz CT molecular complexity index is 405. The van der Waals surface area contributed by atoms with Gasteiger partial charge in [0.25, 0.3) is 0 Å². The van der Waals surface area contributed by atoms with Gasteiger partial charge in [0, 0.05) is 10.6 Å². The third-order valence-electron chi connectivity index (χ3n) is 3.82. The standard InChI is InChI=1S/C14H18ClNO/c1-16(2)14(9-3-4-10-14)13(17)11-5-7-12(15)8-6-11/h5-8H,3-4,9-10H2,1-2H3. The Labute approximate surface area is 108 Å². The fourth-order valence-corrected chi connectivity index (χ4v) is 2.83. The fourth-order valence-electron chi connectivity index (χ4n) is 2.71. The van der Waals surface area contributed by atoms with Gasteiger partial charge in [-0.15, -0.1) is 0 Å². The van der Waals surface area contributed by atoms with E-state index in [2.05, 4.69) is 4.90 Å². The summed E-state index contributed by atoms with van der Waals surface area (Å²) in [6.07, 6.45) is 4.19. The van der Waals surface area contributed by atoms with Crippen LogP contribution < -0.4 is 0 Å². The number of benzene rings is 1. The molecule has 1 aromatic rings. The number of rotatable bonds is 3. The highest BCUT2D eigenvalue weighted by atomic mass is 35.5. The Balaban J connectivity index is 2.31. The molecule has 1 aromatic carbocycles. The van der Waals surface area contributed by atoms with Crippen LogP contribution in [0.5, 0.6) is 0 Å². The van der Waals surface area contributed by atoms with Crippen LogP contribution in [0.1, 0.15) is 36.0 Å². The number of carbonyl (C=O) groups excluding carboxylic acids is 1. The molecule has 0 N–H and O–H groups in total. The van der Waals surface area contributed by atoms with Crippen molar-refractivity contribution in [3.05, 3.63) is 34.9 Å². The van der Waals surface area contributed by atoms with Gasteiger partial charge in [-0.05, 0) is 51.2 Å². The lowest BCUT2D eigenvalue weighted by Crippen LogP contribution is -2.48. The number of nitrogens with zero attached hydrogens (tertiary/aromatic N) is 1. The van der Waals surface area contributed by atoms with Crippen molar-refractivity contribution in [1.29, 1.82) is 0 Å². The molecule has 0 atom stereocenters. The summed E-state index contributed by atoms with van der Waals surface area (Å²) in [5, 5.41) is 0.673. The molecular formula is C14H18ClNO. The van der Waals surface area contributed by atoms with Crippen LogP contribution in [0.25, 0.3) is 0 Å². The number of Topliss-reactive ketones (excluding diaryl/α,β-unsaturated/α-hetero) is 1. The largest absolute Gasteiger partial charge is 0.297 e. The third kappa shape index (κ3) is 2.24. The van der Waals surface area contributed by atoms with Gasteiger partial charge in [-0.3, -0.25) is 9.69 Å². The van der Waals surface area contributed by atoms with Crippen molar-refractivity contribution in [2.24, 2.45) is 0 Å². The van der Waals surface area contributed by atoms with Gasteiger partial charge in [0.1, 0.15) is 0 Å². The van der Waals surface area contributed by atoms with Crippen molar-refractivity contribution in [2.75, 3.05) is 14.1 Å². The quantitative estimate of drug-likeness (QED) is 0.768. The monoisotopic (exact) mass is 251 g/mol. The van der Waals surface area contributed by atoms with Gasteiger partial charge in [0.2, 0.25) is 0 Å².